The first-order valence-corrected chi connectivity index (χ1v) is 9.03. The third kappa shape index (κ3) is 4.40. The Morgan fingerprint density at radius 1 is 1.20 bits per heavy atom. The van der Waals surface area contributed by atoms with E-state index in [0.717, 1.165) is 29.5 Å². The summed E-state index contributed by atoms with van der Waals surface area (Å²) < 4.78 is 0. The first-order chi connectivity index (χ1) is 12.1. The molecule has 0 spiro atoms. The number of likely N-dealkylation sites (N-methyl/N-ethyl adjacent to an activating group) is 1. The van der Waals surface area contributed by atoms with Crippen LogP contribution in [0.2, 0.25) is 5.02 Å². The maximum absolute atomic E-state index is 11.3. The fourth-order valence-electron chi connectivity index (χ4n) is 3.03. The normalized spacial score (nSPS) is 16.2. The number of hydrogen-bond donors (Lipinski definition) is 3. The number of aromatic nitrogens is 2. The molecule has 1 aliphatic rings. The SMILES string of the molecule is CC.CNCC(O)(C1=CC=C(c2cn[nH]c2)CC1)c1ccc(Cl)cc1. The molecular formula is C20H26ClN3O. The summed E-state index contributed by atoms with van der Waals surface area (Å²) in [6.07, 6.45) is 9.49. The highest BCUT2D eigenvalue weighted by molar-refractivity contribution is 6.30. The number of aromatic amines is 1. The molecular weight excluding hydrogens is 334 g/mol. The molecule has 0 aliphatic heterocycles. The Hall–Kier alpha value is -1.88. The Kier molecular flexibility index (Phi) is 7.00. The van der Waals surface area contributed by atoms with Gasteiger partial charge in [0.25, 0.3) is 0 Å². The highest BCUT2D eigenvalue weighted by Gasteiger charge is 2.33. The lowest BCUT2D eigenvalue weighted by Gasteiger charge is -2.33. The summed E-state index contributed by atoms with van der Waals surface area (Å²) in [6, 6.07) is 7.40. The average Bonchev–Trinajstić information content (AvgIpc) is 3.19. The van der Waals surface area contributed by atoms with Crippen molar-refractivity contribution in [3.05, 3.63) is 70.5 Å². The summed E-state index contributed by atoms with van der Waals surface area (Å²) in [5.74, 6) is 0. The van der Waals surface area contributed by atoms with Crippen LogP contribution in [0.15, 0.2) is 54.4 Å². The molecule has 3 rings (SSSR count). The Labute approximate surface area is 154 Å². The quantitative estimate of drug-likeness (QED) is 0.745. The molecule has 1 aliphatic carbocycles. The maximum atomic E-state index is 11.3. The van der Waals surface area contributed by atoms with Crippen molar-refractivity contribution in [1.29, 1.82) is 0 Å². The predicted molar refractivity (Wildman–Crippen MR) is 105 cm³/mol. The molecule has 1 aromatic carbocycles. The predicted octanol–water partition coefficient (Wildman–Crippen LogP) is 4.30. The van der Waals surface area contributed by atoms with Crippen LogP contribution in [0, 0.1) is 0 Å². The van der Waals surface area contributed by atoms with Crippen LogP contribution in [0.3, 0.4) is 0 Å². The molecule has 1 unspecified atom stereocenters. The molecule has 0 amide bonds. The first-order valence-electron chi connectivity index (χ1n) is 8.66. The van der Waals surface area contributed by atoms with Crippen LogP contribution in [-0.4, -0.2) is 28.9 Å². The minimum absolute atomic E-state index is 0.454. The van der Waals surface area contributed by atoms with Gasteiger partial charge in [-0.3, -0.25) is 5.10 Å². The molecule has 0 bridgehead atoms. The van der Waals surface area contributed by atoms with E-state index >= 15 is 0 Å². The fraction of sp³-hybridized carbons (Fsp3) is 0.350. The zero-order chi connectivity index (χ0) is 18.3. The van der Waals surface area contributed by atoms with Gasteiger partial charge in [0.05, 0.1) is 6.20 Å². The molecule has 1 heterocycles. The van der Waals surface area contributed by atoms with Crippen molar-refractivity contribution in [1.82, 2.24) is 15.5 Å². The van der Waals surface area contributed by atoms with Crippen LogP contribution in [0.1, 0.15) is 37.8 Å². The van der Waals surface area contributed by atoms with Crippen LogP contribution >= 0.6 is 11.6 Å². The molecule has 1 aromatic heterocycles. The molecule has 0 fully saturated rings. The van der Waals surface area contributed by atoms with Crippen LogP contribution < -0.4 is 5.32 Å². The number of rotatable bonds is 5. The van der Waals surface area contributed by atoms with Gasteiger partial charge in [-0.1, -0.05) is 49.7 Å². The Morgan fingerprint density at radius 3 is 2.44 bits per heavy atom. The Bertz CT molecular complexity index is 720. The first kappa shape index (κ1) is 19.4. The number of halogens is 1. The second-order valence-electron chi connectivity index (χ2n) is 5.77. The third-order valence-corrected chi connectivity index (χ3v) is 4.56. The van der Waals surface area contributed by atoms with E-state index in [2.05, 4.69) is 21.6 Å². The van der Waals surface area contributed by atoms with E-state index in [1.165, 1.54) is 5.57 Å². The van der Waals surface area contributed by atoms with Gasteiger partial charge in [0.15, 0.2) is 0 Å². The highest BCUT2D eigenvalue weighted by atomic mass is 35.5. The summed E-state index contributed by atoms with van der Waals surface area (Å²) in [5.41, 5.74) is 3.15. The number of nitrogens with zero attached hydrogens (tertiary/aromatic N) is 1. The summed E-state index contributed by atoms with van der Waals surface area (Å²) in [4.78, 5) is 0. The van der Waals surface area contributed by atoms with Gasteiger partial charge in [0, 0.05) is 23.3 Å². The van der Waals surface area contributed by atoms with Gasteiger partial charge in [-0.25, -0.2) is 0 Å². The standard InChI is InChI=1S/C18H20ClN3O.C2H6/c1-20-12-18(23,16-6-8-17(19)9-7-16)15-4-2-13(3-5-15)14-10-21-22-11-14;1-2/h2,4,6-11,20,23H,3,5,12H2,1H3,(H,21,22);1-2H3. The highest BCUT2D eigenvalue weighted by Crippen LogP contribution is 2.37. The summed E-state index contributed by atoms with van der Waals surface area (Å²) >= 11 is 5.97. The fourth-order valence-corrected chi connectivity index (χ4v) is 3.16. The van der Waals surface area contributed by atoms with E-state index in [9.17, 15) is 5.11 Å². The molecule has 3 N–H and O–H groups in total. The monoisotopic (exact) mass is 359 g/mol. The van der Waals surface area contributed by atoms with Crippen LogP contribution in [0.5, 0.6) is 0 Å². The van der Waals surface area contributed by atoms with Crippen molar-refractivity contribution >= 4 is 17.2 Å². The number of nitrogens with one attached hydrogen (secondary N) is 2. The third-order valence-electron chi connectivity index (χ3n) is 4.30. The summed E-state index contributed by atoms with van der Waals surface area (Å²) in [5, 5.41) is 21.9. The van der Waals surface area contributed by atoms with Crippen molar-refractivity contribution in [2.24, 2.45) is 0 Å². The van der Waals surface area contributed by atoms with Gasteiger partial charge < -0.3 is 10.4 Å². The van der Waals surface area contributed by atoms with E-state index in [1.54, 1.807) is 0 Å². The largest absolute Gasteiger partial charge is 0.379 e. The number of H-pyrrole nitrogens is 1. The topological polar surface area (TPSA) is 60.9 Å². The lowest BCUT2D eigenvalue weighted by molar-refractivity contribution is 0.0740. The molecule has 0 saturated heterocycles. The van der Waals surface area contributed by atoms with Crippen LogP contribution in [0.4, 0.5) is 0 Å². The van der Waals surface area contributed by atoms with E-state index < -0.39 is 5.60 Å². The minimum Gasteiger partial charge on any atom is -0.379 e. The van der Waals surface area contributed by atoms with E-state index in [0.29, 0.717) is 11.6 Å². The second-order valence-corrected chi connectivity index (χ2v) is 6.20. The smallest absolute Gasteiger partial charge is 0.123 e. The molecule has 0 saturated carbocycles. The van der Waals surface area contributed by atoms with Crippen LogP contribution in [-0.2, 0) is 5.60 Å². The van der Waals surface area contributed by atoms with Gasteiger partial charge in [-0.2, -0.15) is 5.10 Å². The lowest BCUT2D eigenvalue weighted by atomic mass is 9.80. The van der Waals surface area contributed by atoms with E-state index in [-0.39, 0.29) is 0 Å². The zero-order valence-corrected chi connectivity index (χ0v) is 15.8. The molecule has 25 heavy (non-hydrogen) atoms. The summed E-state index contributed by atoms with van der Waals surface area (Å²) in [6.45, 7) is 4.45. The van der Waals surface area contributed by atoms with Crippen LogP contribution in [0.25, 0.3) is 5.57 Å². The minimum atomic E-state index is -1.03. The lowest BCUT2D eigenvalue weighted by Crippen LogP contribution is -2.39. The van der Waals surface area contributed by atoms with E-state index in [4.69, 9.17) is 11.6 Å². The van der Waals surface area contributed by atoms with Crippen molar-refractivity contribution in [2.45, 2.75) is 32.3 Å². The van der Waals surface area contributed by atoms with Crippen molar-refractivity contribution in [3.8, 4) is 0 Å². The van der Waals surface area contributed by atoms with E-state index in [1.807, 2.05) is 63.6 Å². The Balaban J connectivity index is 0.00000109. The van der Waals surface area contributed by atoms with Gasteiger partial charge in [-0.15, -0.1) is 0 Å². The number of benzene rings is 1. The van der Waals surface area contributed by atoms with Crippen molar-refractivity contribution in [3.63, 3.8) is 0 Å². The van der Waals surface area contributed by atoms with Gasteiger partial charge in [-0.05, 0) is 48.7 Å². The molecule has 2 aromatic rings. The molecule has 1 atom stereocenters. The summed E-state index contributed by atoms with van der Waals surface area (Å²) in [7, 11) is 1.84. The zero-order valence-electron chi connectivity index (χ0n) is 15.0. The molecule has 134 valence electrons. The van der Waals surface area contributed by atoms with Crippen molar-refractivity contribution < 1.29 is 5.11 Å². The van der Waals surface area contributed by atoms with Gasteiger partial charge >= 0.3 is 0 Å². The number of allylic oxidation sites excluding steroid dienone is 3. The average molecular weight is 360 g/mol. The molecule has 5 heteroatoms. The molecule has 4 nitrogen and oxygen atoms in total. The number of hydrogen-bond acceptors (Lipinski definition) is 3. The van der Waals surface area contributed by atoms with Crippen molar-refractivity contribution in [2.75, 3.05) is 13.6 Å². The maximum Gasteiger partial charge on any atom is 0.123 e. The second kappa shape index (κ2) is 8.99. The Morgan fingerprint density at radius 2 is 1.92 bits per heavy atom. The number of aliphatic hydroxyl groups is 1. The van der Waals surface area contributed by atoms with Gasteiger partial charge in [0.1, 0.15) is 5.60 Å². The molecule has 0 radical (unpaired) electrons. The van der Waals surface area contributed by atoms with Gasteiger partial charge in [0.2, 0.25) is 0 Å².